The van der Waals surface area contributed by atoms with Crippen molar-refractivity contribution in [1.82, 2.24) is 0 Å². The Balaban J connectivity index is 4.04. The predicted octanol–water partition coefficient (Wildman–Crippen LogP) is 3.15. The summed E-state index contributed by atoms with van der Waals surface area (Å²) in [4.78, 5) is 4.32. The zero-order valence-electron chi connectivity index (χ0n) is 8.52. The van der Waals surface area contributed by atoms with E-state index in [0.29, 0.717) is 11.8 Å². The Morgan fingerprint density at radius 1 is 1.27 bits per heavy atom. The molecule has 1 heteroatoms. The van der Waals surface area contributed by atoms with E-state index in [-0.39, 0.29) is 0 Å². The molecular formula is C10H21N. The van der Waals surface area contributed by atoms with E-state index in [1.165, 1.54) is 18.6 Å². The second kappa shape index (κ2) is 5.34. The number of hydrogen-bond donors (Lipinski definition) is 0. The number of aliphatic imine (C=N–C) groups is 1. The molecule has 0 spiro atoms. The van der Waals surface area contributed by atoms with Crippen molar-refractivity contribution in [2.75, 3.05) is 7.05 Å². The summed E-state index contributed by atoms with van der Waals surface area (Å²) in [6.07, 6.45) is 2.53. The molecule has 0 aliphatic heterocycles. The van der Waals surface area contributed by atoms with Crippen LogP contribution in [-0.4, -0.2) is 12.8 Å². The molecule has 0 aromatic rings. The second-order valence-electron chi connectivity index (χ2n) is 3.49. The van der Waals surface area contributed by atoms with Crippen molar-refractivity contribution in [3.05, 3.63) is 0 Å². The van der Waals surface area contributed by atoms with Gasteiger partial charge in [0.15, 0.2) is 0 Å². The highest BCUT2D eigenvalue weighted by Gasteiger charge is 2.11. The van der Waals surface area contributed by atoms with Crippen LogP contribution in [0.5, 0.6) is 0 Å². The molecule has 0 aromatic heterocycles. The Kier molecular flexibility index (Phi) is 5.18. The van der Waals surface area contributed by atoms with E-state index in [0.717, 1.165) is 0 Å². The molecule has 0 fully saturated rings. The van der Waals surface area contributed by atoms with Crippen LogP contribution in [0.15, 0.2) is 4.99 Å². The van der Waals surface area contributed by atoms with Crippen LogP contribution in [0.2, 0.25) is 0 Å². The molecule has 0 amide bonds. The van der Waals surface area contributed by atoms with Crippen molar-refractivity contribution in [3.8, 4) is 0 Å². The van der Waals surface area contributed by atoms with Gasteiger partial charge in [-0.15, -0.1) is 0 Å². The van der Waals surface area contributed by atoms with Gasteiger partial charge in [0.2, 0.25) is 0 Å². The number of rotatable bonds is 4. The zero-order valence-corrected chi connectivity index (χ0v) is 8.52. The molecule has 0 heterocycles. The maximum absolute atomic E-state index is 4.32. The van der Waals surface area contributed by atoms with Crippen LogP contribution in [0.25, 0.3) is 0 Å². The lowest BCUT2D eigenvalue weighted by Gasteiger charge is -2.16. The molecule has 66 valence electrons. The monoisotopic (exact) mass is 155 g/mol. The van der Waals surface area contributed by atoms with Gasteiger partial charge in [0.1, 0.15) is 0 Å². The molecule has 0 bridgehead atoms. The van der Waals surface area contributed by atoms with Crippen molar-refractivity contribution in [3.63, 3.8) is 0 Å². The maximum Gasteiger partial charge on any atom is 0.0276 e. The van der Waals surface area contributed by atoms with Crippen LogP contribution in [-0.2, 0) is 0 Å². The first-order chi connectivity index (χ1) is 5.13. The minimum absolute atomic E-state index is 0.613. The van der Waals surface area contributed by atoms with Gasteiger partial charge in [0.25, 0.3) is 0 Å². The number of nitrogens with zero attached hydrogens (tertiary/aromatic N) is 1. The third kappa shape index (κ3) is 3.54. The molecule has 0 aliphatic carbocycles. The lowest BCUT2D eigenvalue weighted by molar-refractivity contribution is 0.632. The fourth-order valence-electron chi connectivity index (χ4n) is 1.63. The molecule has 0 N–H and O–H groups in total. The molecule has 1 unspecified atom stereocenters. The molecule has 0 radical (unpaired) electrons. The van der Waals surface area contributed by atoms with E-state index in [2.05, 4.69) is 32.7 Å². The first-order valence-corrected chi connectivity index (χ1v) is 4.60. The van der Waals surface area contributed by atoms with E-state index >= 15 is 0 Å². The van der Waals surface area contributed by atoms with Gasteiger partial charge in [-0.1, -0.05) is 34.1 Å². The summed E-state index contributed by atoms with van der Waals surface area (Å²) >= 11 is 0. The Morgan fingerprint density at radius 3 is 2.09 bits per heavy atom. The van der Waals surface area contributed by atoms with Crippen molar-refractivity contribution in [2.45, 2.75) is 40.5 Å². The molecule has 0 aliphatic rings. The summed E-state index contributed by atoms with van der Waals surface area (Å²) in [6.45, 7) is 8.93. The van der Waals surface area contributed by atoms with Gasteiger partial charge in [-0.25, -0.2) is 0 Å². The Morgan fingerprint density at radius 2 is 1.82 bits per heavy atom. The highest BCUT2D eigenvalue weighted by molar-refractivity contribution is 5.88. The third-order valence-corrected chi connectivity index (χ3v) is 2.08. The van der Waals surface area contributed by atoms with Crippen molar-refractivity contribution in [1.29, 1.82) is 0 Å². The van der Waals surface area contributed by atoms with Crippen molar-refractivity contribution >= 4 is 5.71 Å². The topological polar surface area (TPSA) is 12.4 Å². The Bertz CT molecular complexity index is 125. The van der Waals surface area contributed by atoms with Gasteiger partial charge >= 0.3 is 0 Å². The first-order valence-electron chi connectivity index (χ1n) is 4.60. The molecule has 0 rings (SSSR count). The van der Waals surface area contributed by atoms with E-state index < -0.39 is 0 Å². The van der Waals surface area contributed by atoms with Crippen molar-refractivity contribution in [2.24, 2.45) is 16.8 Å². The standard InChI is InChI=1S/C10H21N/c1-6-7-9(4)10(11-5)8(2)3/h8-9H,6-7H2,1-5H3/b11-10-. The first kappa shape index (κ1) is 10.7. The molecule has 1 nitrogen and oxygen atoms in total. The van der Waals surface area contributed by atoms with E-state index in [1.807, 2.05) is 7.05 Å². The molecule has 0 saturated heterocycles. The molecule has 0 aromatic carbocycles. The van der Waals surface area contributed by atoms with Crippen LogP contribution < -0.4 is 0 Å². The lowest BCUT2D eigenvalue weighted by atomic mass is 9.92. The average molecular weight is 155 g/mol. The zero-order chi connectivity index (χ0) is 8.85. The quantitative estimate of drug-likeness (QED) is 0.553. The lowest BCUT2D eigenvalue weighted by Crippen LogP contribution is -2.17. The van der Waals surface area contributed by atoms with Gasteiger partial charge in [0, 0.05) is 12.8 Å². The SMILES string of the molecule is CCCC(C)/C(=N\C)C(C)C. The Labute approximate surface area is 70.9 Å². The maximum atomic E-state index is 4.32. The van der Waals surface area contributed by atoms with Crippen LogP contribution >= 0.6 is 0 Å². The van der Waals surface area contributed by atoms with E-state index in [9.17, 15) is 0 Å². The van der Waals surface area contributed by atoms with Crippen molar-refractivity contribution < 1.29 is 0 Å². The smallest absolute Gasteiger partial charge is 0.0276 e. The fraction of sp³-hybridized carbons (Fsp3) is 0.900. The van der Waals surface area contributed by atoms with Gasteiger partial charge in [-0.05, 0) is 18.3 Å². The van der Waals surface area contributed by atoms with Crippen LogP contribution in [0.1, 0.15) is 40.5 Å². The van der Waals surface area contributed by atoms with Crippen LogP contribution in [0, 0.1) is 11.8 Å². The fourth-order valence-corrected chi connectivity index (χ4v) is 1.63. The van der Waals surface area contributed by atoms with E-state index in [4.69, 9.17) is 0 Å². The summed E-state index contributed by atoms with van der Waals surface area (Å²) in [5, 5.41) is 0. The molecule has 0 saturated carbocycles. The molecule has 1 atom stereocenters. The summed E-state index contributed by atoms with van der Waals surface area (Å²) in [5.41, 5.74) is 1.37. The summed E-state index contributed by atoms with van der Waals surface area (Å²) in [7, 11) is 1.90. The van der Waals surface area contributed by atoms with Gasteiger partial charge in [-0.3, -0.25) is 4.99 Å². The van der Waals surface area contributed by atoms with Gasteiger partial charge < -0.3 is 0 Å². The third-order valence-electron chi connectivity index (χ3n) is 2.08. The van der Waals surface area contributed by atoms with Gasteiger partial charge in [-0.2, -0.15) is 0 Å². The second-order valence-corrected chi connectivity index (χ2v) is 3.49. The Hall–Kier alpha value is -0.330. The molecular weight excluding hydrogens is 134 g/mol. The molecule has 11 heavy (non-hydrogen) atoms. The highest BCUT2D eigenvalue weighted by atomic mass is 14.7. The highest BCUT2D eigenvalue weighted by Crippen LogP contribution is 2.13. The minimum Gasteiger partial charge on any atom is -0.297 e. The van der Waals surface area contributed by atoms with Crippen LogP contribution in [0.4, 0.5) is 0 Å². The summed E-state index contributed by atoms with van der Waals surface area (Å²) < 4.78 is 0. The van der Waals surface area contributed by atoms with E-state index in [1.54, 1.807) is 0 Å². The minimum atomic E-state index is 0.613. The predicted molar refractivity (Wildman–Crippen MR) is 52.3 cm³/mol. The summed E-state index contributed by atoms with van der Waals surface area (Å²) in [5.74, 6) is 1.28. The summed E-state index contributed by atoms with van der Waals surface area (Å²) in [6, 6.07) is 0. The largest absolute Gasteiger partial charge is 0.297 e. The number of hydrogen-bond acceptors (Lipinski definition) is 1. The van der Waals surface area contributed by atoms with Gasteiger partial charge in [0.05, 0.1) is 0 Å². The van der Waals surface area contributed by atoms with Crippen LogP contribution in [0.3, 0.4) is 0 Å². The normalized spacial score (nSPS) is 15.6. The average Bonchev–Trinajstić information content (AvgIpc) is 1.88.